The maximum Gasteiger partial charge on any atom is 0.136 e. The van der Waals surface area contributed by atoms with Crippen molar-refractivity contribution in [2.75, 3.05) is 23.8 Å². The van der Waals surface area contributed by atoms with E-state index in [0.717, 1.165) is 36.0 Å². The van der Waals surface area contributed by atoms with Crippen molar-refractivity contribution in [2.24, 2.45) is 5.92 Å². The second-order valence-corrected chi connectivity index (χ2v) is 6.28. The zero-order chi connectivity index (χ0) is 15.4. The summed E-state index contributed by atoms with van der Waals surface area (Å²) in [6, 6.07) is 0.0182. The molecule has 0 spiro atoms. The zero-order valence-corrected chi connectivity index (χ0v) is 13.6. The number of anilines is 2. The van der Waals surface area contributed by atoms with Gasteiger partial charge in [-0.15, -0.1) is 0 Å². The van der Waals surface area contributed by atoms with Crippen molar-refractivity contribution in [1.29, 1.82) is 0 Å². The number of hydrogen-bond donors (Lipinski definition) is 3. The first-order valence-electron chi connectivity index (χ1n) is 8.06. The van der Waals surface area contributed by atoms with Crippen LogP contribution in [0.2, 0.25) is 0 Å². The summed E-state index contributed by atoms with van der Waals surface area (Å²) >= 11 is 0. The molecule has 1 atom stereocenters. The minimum Gasteiger partial charge on any atom is -0.394 e. The van der Waals surface area contributed by atoms with E-state index in [4.69, 9.17) is 4.98 Å². The van der Waals surface area contributed by atoms with Crippen LogP contribution < -0.4 is 10.6 Å². The third-order valence-corrected chi connectivity index (χ3v) is 3.97. The Bertz CT molecular complexity index is 472. The predicted molar refractivity (Wildman–Crippen MR) is 86.9 cm³/mol. The van der Waals surface area contributed by atoms with Crippen LogP contribution in [0.3, 0.4) is 0 Å². The van der Waals surface area contributed by atoms with Crippen LogP contribution in [0.5, 0.6) is 0 Å². The van der Waals surface area contributed by atoms with Crippen molar-refractivity contribution in [3.8, 4) is 0 Å². The van der Waals surface area contributed by atoms with Crippen LogP contribution >= 0.6 is 0 Å². The van der Waals surface area contributed by atoms with Crippen molar-refractivity contribution in [3.05, 3.63) is 11.4 Å². The van der Waals surface area contributed by atoms with E-state index in [1.807, 2.05) is 6.92 Å². The van der Waals surface area contributed by atoms with Gasteiger partial charge in [0.05, 0.1) is 12.6 Å². The van der Waals surface area contributed by atoms with Crippen molar-refractivity contribution < 1.29 is 5.11 Å². The average Bonchev–Trinajstić information content (AvgIpc) is 3.29. The number of hydrogen-bond acceptors (Lipinski definition) is 5. The molecule has 21 heavy (non-hydrogen) atoms. The van der Waals surface area contributed by atoms with Crippen LogP contribution in [0, 0.1) is 12.8 Å². The number of aliphatic hydroxyl groups is 1. The summed E-state index contributed by atoms with van der Waals surface area (Å²) in [6.45, 7) is 9.40. The van der Waals surface area contributed by atoms with E-state index in [0.29, 0.717) is 11.8 Å². The maximum absolute atomic E-state index is 9.53. The first kappa shape index (κ1) is 16.0. The number of nitrogens with one attached hydrogen (secondary N) is 2. The van der Waals surface area contributed by atoms with Crippen molar-refractivity contribution in [3.63, 3.8) is 0 Å². The lowest BCUT2D eigenvalue weighted by Crippen LogP contribution is -2.30. The molecule has 1 unspecified atom stereocenters. The van der Waals surface area contributed by atoms with E-state index in [-0.39, 0.29) is 12.6 Å². The zero-order valence-electron chi connectivity index (χ0n) is 13.6. The van der Waals surface area contributed by atoms with Crippen LogP contribution in [-0.2, 0) is 0 Å². The predicted octanol–water partition coefficient (Wildman–Crippen LogP) is 2.91. The first-order valence-corrected chi connectivity index (χ1v) is 8.06. The van der Waals surface area contributed by atoms with Gasteiger partial charge >= 0.3 is 0 Å². The summed E-state index contributed by atoms with van der Waals surface area (Å²) in [5.74, 6) is 3.58. The Morgan fingerprint density at radius 2 is 1.90 bits per heavy atom. The topological polar surface area (TPSA) is 70.1 Å². The highest BCUT2D eigenvalue weighted by molar-refractivity contribution is 5.58. The SMILES string of the molecule is CCCNc1nc(C2CC2)nc(NC(CO)C(C)C)c1C. The maximum atomic E-state index is 9.53. The van der Waals surface area contributed by atoms with Gasteiger partial charge in [0, 0.05) is 18.0 Å². The highest BCUT2D eigenvalue weighted by atomic mass is 16.3. The monoisotopic (exact) mass is 292 g/mol. The van der Waals surface area contributed by atoms with Crippen LogP contribution in [0.1, 0.15) is 57.3 Å². The number of aliphatic hydroxyl groups excluding tert-OH is 1. The van der Waals surface area contributed by atoms with Gasteiger partial charge in [-0.3, -0.25) is 0 Å². The molecule has 3 N–H and O–H groups in total. The van der Waals surface area contributed by atoms with Crippen LogP contribution in [0.15, 0.2) is 0 Å². The van der Waals surface area contributed by atoms with E-state index in [9.17, 15) is 5.11 Å². The highest BCUT2D eigenvalue weighted by Gasteiger charge is 2.28. The second-order valence-electron chi connectivity index (χ2n) is 6.28. The van der Waals surface area contributed by atoms with Gasteiger partial charge in [-0.2, -0.15) is 0 Å². The highest BCUT2D eigenvalue weighted by Crippen LogP contribution is 2.39. The summed E-state index contributed by atoms with van der Waals surface area (Å²) in [5, 5.41) is 16.3. The summed E-state index contributed by atoms with van der Waals surface area (Å²) < 4.78 is 0. The number of nitrogens with zero attached hydrogens (tertiary/aromatic N) is 2. The number of aromatic nitrogens is 2. The molecule has 0 bridgehead atoms. The molecule has 2 rings (SSSR count). The van der Waals surface area contributed by atoms with Gasteiger partial charge in [-0.1, -0.05) is 20.8 Å². The molecule has 1 saturated carbocycles. The molecular formula is C16H28N4O. The second kappa shape index (κ2) is 7.07. The van der Waals surface area contributed by atoms with Crippen molar-refractivity contribution in [1.82, 2.24) is 9.97 Å². The molecule has 1 fully saturated rings. The number of rotatable bonds is 8. The molecule has 5 nitrogen and oxygen atoms in total. The molecule has 0 saturated heterocycles. The fraction of sp³-hybridized carbons (Fsp3) is 0.750. The molecule has 1 heterocycles. The minimum absolute atomic E-state index is 0.0182. The van der Waals surface area contributed by atoms with Crippen molar-refractivity contribution in [2.45, 2.75) is 58.9 Å². The normalized spacial score (nSPS) is 16.1. The van der Waals surface area contributed by atoms with Gasteiger partial charge in [0.15, 0.2) is 0 Å². The molecule has 1 aliphatic carbocycles. The third-order valence-electron chi connectivity index (χ3n) is 3.97. The van der Waals surface area contributed by atoms with Crippen LogP contribution in [-0.4, -0.2) is 34.3 Å². The Morgan fingerprint density at radius 1 is 1.24 bits per heavy atom. The Hall–Kier alpha value is -1.36. The summed E-state index contributed by atoms with van der Waals surface area (Å²) in [6.07, 6.45) is 3.43. The van der Waals surface area contributed by atoms with E-state index in [2.05, 4.69) is 36.4 Å². The lowest BCUT2D eigenvalue weighted by atomic mass is 10.1. The third kappa shape index (κ3) is 4.06. The minimum atomic E-state index is 0.0182. The molecule has 0 aliphatic heterocycles. The van der Waals surface area contributed by atoms with Gasteiger partial charge < -0.3 is 15.7 Å². The molecule has 0 aromatic carbocycles. The fourth-order valence-corrected chi connectivity index (χ4v) is 2.21. The molecule has 0 amide bonds. The molecule has 1 aliphatic rings. The van der Waals surface area contributed by atoms with Gasteiger partial charge in [-0.25, -0.2) is 9.97 Å². The van der Waals surface area contributed by atoms with Gasteiger partial charge in [0.1, 0.15) is 17.5 Å². The van der Waals surface area contributed by atoms with Crippen LogP contribution in [0.4, 0.5) is 11.6 Å². The first-order chi connectivity index (χ1) is 10.1. The van der Waals surface area contributed by atoms with Gasteiger partial charge in [0.25, 0.3) is 0 Å². The lowest BCUT2D eigenvalue weighted by Gasteiger charge is -2.23. The molecule has 0 radical (unpaired) electrons. The average molecular weight is 292 g/mol. The van der Waals surface area contributed by atoms with E-state index < -0.39 is 0 Å². The van der Waals surface area contributed by atoms with Crippen LogP contribution in [0.25, 0.3) is 0 Å². The molecule has 5 heteroatoms. The van der Waals surface area contributed by atoms with Crippen molar-refractivity contribution >= 4 is 11.6 Å². The lowest BCUT2D eigenvalue weighted by molar-refractivity contribution is 0.249. The Balaban J connectivity index is 2.26. The van der Waals surface area contributed by atoms with E-state index in [1.54, 1.807) is 0 Å². The molecule has 118 valence electrons. The Morgan fingerprint density at radius 3 is 2.43 bits per heavy atom. The summed E-state index contributed by atoms with van der Waals surface area (Å²) in [5.41, 5.74) is 1.03. The summed E-state index contributed by atoms with van der Waals surface area (Å²) in [4.78, 5) is 9.39. The van der Waals surface area contributed by atoms with E-state index >= 15 is 0 Å². The van der Waals surface area contributed by atoms with Gasteiger partial charge in [-0.05, 0) is 32.1 Å². The largest absolute Gasteiger partial charge is 0.394 e. The quantitative estimate of drug-likeness (QED) is 0.687. The Labute approximate surface area is 127 Å². The fourth-order valence-electron chi connectivity index (χ4n) is 2.21. The Kier molecular flexibility index (Phi) is 5.39. The van der Waals surface area contributed by atoms with E-state index in [1.165, 1.54) is 12.8 Å². The van der Waals surface area contributed by atoms with Gasteiger partial charge in [0.2, 0.25) is 0 Å². The molecule has 1 aromatic rings. The molecular weight excluding hydrogens is 264 g/mol. The molecule has 1 aromatic heterocycles. The standard InChI is InChI=1S/C16H28N4O/c1-5-8-17-14-11(4)15(18-13(9-21)10(2)3)20-16(19-14)12-6-7-12/h10,12-13,21H,5-9H2,1-4H3,(H2,17,18,19,20). The smallest absolute Gasteiger partial charge is 0.136 e. The summed E-state index contributed by atoms with van der Waals surface area (Å²) in [7, 11) is 0.